The molecule has 3 fully saturated rings. The molecule has 1 aromatic carbocycles. The lowest BCUT2D eigenvalue weighted by Crippen LogP contribution is -2.36. The fraction of sp³-hybridized carbons (Fsp3) is 0.500. The second kappa shape index (κ2) is 4.96. The first-order chi connectivity index (χ1) is 10.5. The molecule has 5 atom stereocenters. The van der Waals surface area contributed by atoms with Gasteiger partial charge >= 0.3 is 5.97 Å². The van der Waals surface area contributed by atoms with Gasteiger partial charge in [0.15, 0.2) is 0 Å². The van der Waals surface area contributed by atoms with Crippen molar-refractivity contribution >= 4 is 45.1 Å². The molecule has 0 unspecified atom stereocenters. The minimum atomic E-state index is -0.266. The Morgan fingerprint density at radius 2 is 2.18 bits per heavy atom. The van der Waals surface area contributed by atoms with E-state index in [1.807, 2.05) is 13.0 Å². The fourth-order valence-corrected chi connectivity index (χ4v) is 4.98. The maximum Gasteiger partial charge on any atom is 0.310 e. The number of hydrogen-bond acceptors (Lipinski definition) is 3. The molecular weight excluding hydrogens is 370 g/mol. The monoisotopic (exact) mass is 383 g/mol. The Morgan fingerprint density at radius 3 is 2.95 bits per heavy atom. The summed E-state index contributed by atoms with van der Waals surface area (Å²) in [5.41, 5.74) is 1.63. The van der Waals surface area contributed by atoms with E-state index < -0.39 is 0 Å². The van der Waals surface area contributed by atoms with E-state index >= 15 is 0 Å². The highest BCUT2D eigenvalue weighted by molar-refractivity contribution is 9.10. The van der Waals surface area contributed by atoms with Gasteiger partial charge in [0.25, 0.3) is 0 Å². The van der Waals surface area contributed by atoms with Gasteiger partial charge in [0.1, 0.15) is 6.10 Å². The van der Waals surface area contributed by atoms with Crippen LogP contribution < -0.4 is 5.32 Å². The van der Waals surface area contributed by atoms with Gasteiger partial charge in [-0.2, -0.15) is 0 Å². The zero-order valence-corrected chi connectivity index (χ0v) is 14.3. The van der Waals surface area contributed by atoms with Crippen LogP contribution in [0.15, 0.2) is 16.6 Å². The average molecular weight is 385 g/mol. The molecule has 0 spiro atoms. The average Bonchev–Trinajstić information content (AvgIpc) is 3.05. The maximum atomic E-state index is 12.7. The lowest BCUT2D eigenvalue weighted by molar-refractivity contribution is -0.145. The lowest BCUT2D eigenvalue weighted by Gasteiger charge is -2.24. The summed E-state index contributed by atoms with van der Waals surface area (Å²) in [4.78, 5) is 24.7. The normalized spacial score (nSPS) is 34.9. The smallest absolute Gasteiger partial charge is 0.310 e. The molecule has 2 aliphatic carbocycles. The topological polar surface area (TPSA) is 55.4 Å². The first kappa shape index (κ1) is 14.5. The number of benzene rings is 1. The molecule has 1 aromatic rings. The summed E-state index contributed by atoms with van der Waals surface area (Å²) >= 11 is 9.47. The van der Waals surface area contributed by atoms with E-state index in [0.29, 0.717) is 10.7 Å². The van der Waals surface area contributed by atoms with Crippen LogP contribution >= 0.6 is 27.5 Å². The van der Waals surface area contributed by atoms with Crippen molar-refractivity contribution in [3.63, 3.8) is 0 Å². The number of hydrogen-bond donors (Lipinski definition) is 1. The number of fused-ring (bicyclic) bond motifs is 1. The molecule has 0 radical (unpaired) electrons. The Bertz CT molecular complexity index is 690. The van der Waals surface area contributed by atoms with Crippen LogP contribution in [-0.2, 0) is 14.3 Å². The number of halogens is 2. The predicted octanol–water partition coefficient (Wildman–Crippen LogP) is 3.55. The van der Waals surface area contributed by atoms with Crippen molar-refractivity contribution in [1.82, 2.24) is 0 Å². The van der Waals surface area contributed by atoms with Gasteiger partial charge in [-0.15, -0.1) is 0 Å². The first-order valence-corrected chi connectivity index (χ1v) is 8.60. The molecule has 2 saturated carbocycles. The predicted molar refractivity (Wildman–Crippen MR) is 85.6 cm³/mol. The van der Waals surface area contributed by atoms with Crippen molar-refractivity contribution in [1.29, 1.82) is 0 Å². The number of aryl methyl sites for hydroxylation is 1. The van der Waals surface area contributed by atoms with Gasteiger partial charge in [-0.25, -0.2) is 0 Å². The van der Waals surface area contributed by atoms with Crippen LogP contribution in [0.5, 0.6) is 0 Å². The van der Waals surface area contributed by atoms with Crippen LogP contribution in [0.25, 0.3) is 0 Å². The van der Waals surface area contributed by atoms with Crippen LogP contribution in [0.3, 0.4) is 0 Å². The summed E-state index contributed by atoms with van der Waals surface area (Å²) in [5.74, 6) is -0.300. The van der Waals surface area contributed by atoms with Gasteiger partial charge < -0.3 is 10.1 Å². The van der Waals surface area contributed by atoms with Crippen molar-refractivity contribution in [3.8, 4) is 0 Å². The molecule has 3 aliphatic rings. The molecule has 22 heavy (non-hydrogen) atoms. The molecule has 6 heteroatoms. The number of esters is 1. The Kier molecular flexibility index (Phi) is 3.28. The second-order valence-electron chi connectivity index (χ2n) is 6.49. The maximum absolute atomic E-state index is 12.7. The van der Waals surface area contributed by atoms with E-state index in [4.69, 9.17) is 16.3 Å². The van der Waals surface area contributed by atoms with Gasteiger partial charge in [0.05, 0.1) is 16.9 Å². The lowest BCUT2D eigenvalue weighted by atomic mass is 9.79. The third-order valence-corrected chi connectivity index (χ3v) is 6.51. The molecule has 1 heterocycles. The summed E-state index contributed by atoms with van der Waals surface area (Å²) in [6, 6.07) is 3.61. The Labute approximate surface area is 141 Å². The van der Waals surface area contributed by atoms with Crippen LogP contribution in [0.1, 0.15) is 18.4 Å². The number of ether oxygens (including phenoxy) is 1. The Balaban J connectivity index is 1.59. The minimum Gasteiger partial charge on any atom is -0.462 e. The fourth-order valence-electron chi connectivity index (χ4n) is 4.36. The van der Waals surface area contributed by atoms with E-state index in [-0.39, 0.29) is 41.7 Å². The Morgan fingerprint density at radius 1 is 1.41 bits per heavy atom. The van der Waals surface area contributed by atoms with E-state index in [2.05, 4.69) is 21.2 Å². The van der Waals surface area contributed by atoms with Gasteiger partial charge in [-0.1, -0.05) is 11.6 Å². The van der Waals surface area contributed by atoms with E-state index in [1.165, 1.54) is 0 Å². The zero-order valence-electron chi connectivity index (χ0n) is 11.9. The molecule has 1 aliphatic heterocycles. The largest absolute Gasteiger partial charge is 0.462 e. The van der Waals surface area contributed by atoms with Gasteiger partial charge in [-0.05, 0) is 59.3 Å². The van der Waals surface area contributed by atoms with E-state index in [0.717, 1.165) is 22.9 Å². The number of rotatable bonds is 2. The standard InChI is InChI=1S/C16H15BrClNO3/c1-6-2-9(17)10(18)5-11(6)19-15(20)13-7-3-8-12(4-7)22-16(21)14(8)13/h2,5,7-8,12-14H,3-4H2,1H3,(H,19,20)/t7-,8-,12-,13-,14-/m1/s1. The van der Waals surface area contributed by atoms with Crippen molar-refractivity contribution < 1.29 is 14.3 Å². The summed E-state index contributed by atoms with van der Waals surface area (Å²) < 4.78 is 6.18. The summed E-state index contributed by atoms with van der Waals surface area (Å²) in [7, 11) is 0. The molecule has 1 N–H and O–H groups in total. The van der Waals surface area contributed by atoms with Crippen molar-refractivity contribution in [2.75, 3.05) is 5.32 Å². The highest BCUT2D eigenvalue weighted by Gasteiger charge is 2.63. The van der Waals surface area contributed by atoms with Crippen molar-refractivity contribution in [3.05, 3.63) is 27.2 Å². The van der Waals surface area contributed by atoms with E-state index in [1.54, 1.807) is 6.07 Å². The minimum absolute atomic E-state index is 0.0513. The second-order valence-corrected chi connectivity index (χ2v) is 7.75. The van der Waals surface area contributed by atoms with Crippen LogP contribution in [-0.4, -0.2) is 18.0 Å². The number of carbonyl (C=O) groups is 2. The molecule has 116 valence electrons. The number of anilines is 1. The molecular formula is C16H15BrClNO3. The number of amides is 1. The van der Waals surface area contributed by atoms with Gasteiger partial charge in [-0.3, -0.25) is 9.59 Å². The van der Waals surface area contributed by atoms with Gasteiger partial charge in [0, 0.05) is 16.1 Å². The highest BCUT2D eigenvalue weighted by atomic mass is 79.9. The first-order valence-electron chi connectivity index (χ1n) is 7.42. The Hall–Kier alpha value is -1.07. The highest BCUT2D eigenvalue weighted by Crippen LogP contribution is 2.57. The van der Waals surface area contributed by atoms with Crippen molar-refractivity contribution in [2.24, 2.45) is 23.7 Å². The number of carbonyl (C=O) groups excluding carboxylic acids is 2. The van der Waals surface area contributed by atoms with E-state index in [9.17, 15) is 9.59 Å². The molecule has 4 rings (SSSR count). The van der Waals surface area contributed by atoms with Crippen LogP contribution in [0.4, 0.5) is 5.69 Å². The number of nitrogens with one attached hydrogen (secondary N) is 1. The quantitative estimate of drug-likeness (QED) is 0.793. The van der Waals surface area contributed by atoms with Crippen LogP contribution in [0.2, 0.25) is 5.02 Å². The zero-order chi connectivity index (χ0) is 15.6. The summed E-state index contributed by atoms with van der Waals surface area (Å²) in [6.45, 7) is 1.91. The third kappa shape index (κ3) is 2.02. The van der Waals surface area contributed by atoms with Crippen LogP contribution in [0, 0.1) is 30.6 Å². The summed E-state index contributed by atoms with van der Waals surface area (Å²) in [5, 5.41) is 3.51. The van der Waals surface area contributed by atoms with Crippen molar-refractivity contribution in [2.45, 2.75) is 25.9 Å². The summed E-state index contributed by atoms with van der Waals surface area (Å²) in [6.07, 6.45) is 1.81. The molecule has 4 nitrogen and oxygen atoms in total. The molecule has 1 saturated heterocycles. The SMILES string of the molecule is Cc1cc(Br)c(Cl)cc1NC(=O)[C@@H]1[C@@H]2C[C@H]3[C@H]1C(=O)O[C@@H]3C2. The third-order valence-electron chi connectivity index (χ3n) is 5.31. The molecule has 0 aromatic heterocycles. The molecule has 2 bridgehead atoms. The molecule has 1 amide bonds. The van der Waals surface area contributed by atoms with Gasteiger partial charge in [0.2, 0.25) is 5.91 Å².